The molecule has 1 amide bonds. The summed E-state index contributed by atoms with van der Waals surface area (Å²) in [5.74, 6) is 0.114. The minimum atomic E-state index is 0.114. The number of halogens is 2. The molecule has 1 fully saturated rings. The lowest BCUT2D eigenvalue weighted by molar-refractivity contribution is 0.0792. The summed E-state index contributed by atoms with van der Waals surface area (Å²) in [6.45, 7) is 1.76. The van der Waals surface area contributed by atoms with Crippen molar-refractivity contribution < 1.29 is 4.79 Å². The average Bonchev–Trinajstić information content (AvgIpc) is 2.67. The van der Waals surface area contributed by atoms with Crippen LogP contribution in [0.25, 0.3) is 0 Å². The molecule has 0 atom stereocenters. The van der Waals surface area contributed by atoms with E-state index in [0.717, 1.165) is 40.4 Å². The molecule has 79 valence electrons. The normalized spacial score (nSPS) is 15.7. The Balaban J connectivity index is 2.24. The number of hydrogen-bond donors (Lipinski definition) is 0. The number of benzene rings is 1. The zero-order valence-corrected chi connectivity index (χ0v) is 11.3. The summed E-state index contributed by atoms with van der Waals surface area (Å²) in [6.07, 6.45) is 2.24. The van der Waals surface area contributed by atoms with Crippen LogP contribution >= 0.6 is 31.9 Å². The van der Waals surface area contributed by atoms with E-state index in [1.807, 2.05) is 17.0 Å². The number of carbonyl (C=O) groups excluding carboxylic acids is 1. The van der Waals surface area contributed by atoms with Crippen LogP contribution in [0, 0.1) is 6.07 Å². The molecule has 0 spiro atoms. The highest BCUT2D eigenvalue weighted by atomic mass is 79.9. The van der Waals surface area contributed by atoms with Crippen molar-refractivity contribution in [2.24, 2.45) is 0 Å². The van der Waals surface area contributed by atoms with E-state index in [4.69, 9.17) is 0 Å². The third kappa shape index (κ3) is 2.61. The standard InChI is InChI=1S/C11H10Br2NO/c12-9-5-8(6-10(13)7-9)11(15)14-3-1-2-4-14/h5-6H,1-4H2. The Hall–Kier alpha value is -0.350. The maximum Gasteiger partial charge on any atom is 0.253 e. The molecule has 0 aromatic heterocycles. The summed E-state index contributed by atoms with van der Waals surface area (Å²) >= 11 is 6.67. The minimum Gasteiger partial charge on any atom is -0.339 e. The van der Waals surface area contributed by atoms with Gasteiger partial charge in [0.05, 0.1) is 0 Å². The van der Waals surface area contributed by atoms with Crippen LogP contribution in [0.15, 0.2) is 21.1 Å². The summed E-state index contributed by atoms with van der Waals surface area (Å²) in [5.41, 5.74) is 0.717. The fourth-order valence-corrected chi connectivity index (χ4v) is 2.91. The Bertz CT molecular complexity index is 366. The lowest BCUT2D eigenvalue weighted by atomic mass is 10.2. The average molecular weight is 332 g/mol. The van der Waals surface area contributed by atoms with Gasteiger partial charge in [-0.1, -0.05) is 31.9 Å². The van der Waals surface area contributed by atoms with Gasteiger partial charge in [0.15, 0.2) is 0 Å². The van der Waals surface area contributed by atoms with E-state index >= 15 is 0 Å². The van der Waals surface area contributed by atoms with Crippen LogP contribution < -0.4 is 0 Å². The van der Waals surface area contributed by atoms with Gasteiger partial charge < -0.3 is 4.90 Å². The van der Waals surface area contributed by atoms with Crippen LogP contribution in [-0.4, -0.2) is 23.9 Å². The molecule has 0 N–H and O–H groups in total. The number of nitrogens with zero attached hydrogens (tertiary/aromatic N) is 1. The molecular weight excluding hydrogens is 322 g/mol. The molecule has 1 aliphatic heterocycles. The molecule has 4 heteroatoms. The Kier molecular flexibility index (Phi) is 3.46. The Labute approximate surface area is 106 Å². The van der Waals surface area contributed by atoms with E-state index in [2.05, 4.69) is 37.9 Å². The molecule has 2 rings (SSSR count). The van der Waals surface area contributed by atoms with Gasteiger partial charge in [-0.15, -0.1) is 0 Å². The minimum absolute atomic E-state index is 0.114. The van der Waals surface area contributed by atoms with Crippen molar-refractivity contribution in [1.82, 2.24) is 4.90 Å². The van der Waals surface area contributed by atoms with E-state index in [9.17, 15) is 4.79 Å². The number of amides is 1. The van der Waals surface area contributed by atoms with E-state index < -0.39 is 0 Å². The van der Waals surface area contributed by atoms with Gasteiger partial charge in [-0.25, -0.2) is 0 Å². The quantitative estimate of drug-likeness (QED) is 0.773. The second-order valence-corrected chi connectivity index (χ2v) is 5.27. The van der Waals surface area contributed by atoms with Crippen molar-refractivity contribution in [3.63, 3.8) is 0 Å². The molecule has 1 aromatic carbocycles. The summed E-state index contributed by atoms with van der Waals surface area (Å²) < 4.78 is 1.61. The van der Waals surface area contributed by atoms with Gasteiger partial charge in [-0.2, -0.15) is 0 Å². The number of rotatable bonds is 1. The first-order valence-corrected chi connectivity index (χ1v) is 6.43. The lowest BCUT2D eigenvalue weighted by Gasteiger charge is -2.15. The SMILES string of the molecule is O=C(c1cc(Br)[c]c(Br)c1)N1CCCC1. The van der Waals surface area contributed by atoms with E-state index in [-0.39, 0.29) is 5.91 Å². The smallest absolute Gasteiger partial charge is 0.253 e. The van der Waals surface area contributed by atoms with Gasteiger partial charge in [0.25, 0.3) is 5.91 Å². The zero-order chi connectivity index (χ0) is 10.8. The van der Waals surface area contributed by atoms with Crippen LogP contribution in [0.5, 0.6) is 0 Å². The molecular formula is C11H10Br2NO. The van der Waals surface area contributed by atoms with Crippen molar-refractivity contribution >= 4 is 37.8 Å². The molecule has 0 saturated carbocycles. The summed E-state index contributed by atoms with van der Waals surface area (Å²) in [4.78, 5) is 13.9. The highest BCUT2D eigenvalue weighted by molar-refractivity contribution is 9.11. The topological polar surface area (TPSA) is 20.3 Å². The molecule has 1 radical (unpaired) electrons. The van der Waals surface area contributed by atoms with Gasteiger partial charge in [0.2, 0.25) is 0 Å². The molecule has 0 unspecified atom stereocenters. The lowest BCUT2D eigenvalue weighted by Crippen LogP contribution is -2.27. The largest absolute Gasteiger partial charge is 0.339 e. The molecule has 0 aliphatic carbocycles. The van der Waals surface area contributed by atoms with Crippen molar-refractivity contribution in [2.45, 2.75) is 12.8 Å². The van der Waals surface area contributed by atoms with E-state index in [1.165, 1.54) is 0 Å². The number of likely N-dealkylation sites (tertiary alicyclic amines) is 1. The number of carbonyl (C=O) groups is 1. The molecule has 1 heterocycles. The molecule has 1 saturated heterocycles. The predicted molar refractivity (Wildman–Crippen MR) is 65.8 cm³/mol. The Morgan fingerprint density at radius 1 is 1.20 bits per heavy atom. The van der Waals surface area contributed by atoms with Crippen molar-refractivity contribution in [3.05, 3.63) is 32.7 Å². The molecule has 2 nitrogen and oxygen atoms in total. The van der Waals surface area contributed by atoms with Crippen LogP contribution in [0.4, 0.5) is 0 Å². The van der Waals surface area contributed by atoms with E-state index in [0.29, 0.717) is 0 Å². The van der Waals surface area contributed by atoms with Crippen LogP contribution in [-0.2, 0) is 0 Å². The molecule has 1 aromatic rings. The van der Waals surface area contributed by atoms with E-state index in [1.54, 1.807) is 0 Å². The maximum absolute atomic E-state index is 12.0. The van der Waals surface area contributed by atoms with Crippen molar-refractivity contribution in [1.29, 1.82) is 0 Å². The zero-order valence-electron chi connectivity index (χ0n) is 8.09. The molecule has 0 bridgehead atoms. The summed E-state index contributed by atoms with van der Waals surface area (Å²) in [5, 5.41) is 0. The van der Waals surface area contributed by atoms with Gasteiger partial charge in [-0.3, -0.25) is 4.79 Å². The third-order valence-corrected chi connectivity index (χ3v) is 3.30. The highest BCUT2D eigenvalue weighted by Gasteiger charge is 2.19. The summed E-state index contributed by atoms with van der Waals surface area (Å²) in [6, 6.07) is 6.64. The maximum atomic E-state index is 12.0. The Morgan fingerprint density at radius 3 is 2.27 bits per heavy atom. The first kappa shape index (κ1) is 11.1. The van der Waals surface area contributed by atoms with Gasteiger partial charge in [0.1, 0.15) is 0 Å². The van der Waals surface area contributed by atoms with Gasteiger partial charge >= 0.3 is 0 Å². The first-order chi connectivity index (χ1) is 7.16. The Morgan fingerprint density at radius 2 is 1.73 bits per heavy atom. The highest BCUT2D eigenvalue weighted by Crippen LogP contribution is 2.21. The second kappa shape index (κ2) is 4.66. The van der Waals surface area contributed by atoms with Crippen LogP contribution in [0.3, 0.4) is 0 Å². The fraction of sp³-hybridized carbons (Fsp3) is 0.364. The third-order valence-electron chi connectivity index (χ3n) is 2.44. The van der Waals surface area contributed by atoms with Gasteiger partial charge in [-0.05, 0) is 25.0 Å². The summed E-state index contributed by atoms with van der Waals surface area (Å²) in [7, 11) is 0. The van der Waals surface area contributed by atoms with Crippen LogP contribution in [0.2, 0.25) is 0 Å². The van der Waals surface area contributed by atoms with Crippen LogP contribution in [0.1, 0.15) is 23.2 Å². The van der Waals surface area contributed by atoms with Gasteiger partial charge in [0, 0.05) is 33.7 Å². The van der Waals surface area contributed by atoms with Crippen molar-refractivity contribution in [2.75, 3.05) is 13.1 Å². The second-order valence-electron chi connectivity index (χ2n) is 3.56. The predicted octanol–water partition coefficient (Wildman–Crippen LogP) is 3.25. The fourth-order valence-electron chi connectivity index (χ4n) is 1.73. The molecule has 15 heavy (non-hydrogen) atoms. The first-order valence-electron chi connectivity index (χ1n) is 4.84. The molecule has 1 aliphatic rings. The monoisotopic (exact) mass is 330 g/mol. The van der Waals surface area contributed by atoms with Crippen molar-refractivity contribution in [3.8, 4) is 0 Å². The number of hydrogen-bond acceptors (Lipinski definition) is 1.